The van der Waals surface area contributed by atoms with Crippen LogP contribution in [0.2, 0.25) is 10.0 Å². The zero-order chi connectivity index (χ0) is 18.7. The first-order chi connectivity index (χ1) is 12.4. The van der Waals surface area contributed by atoms with E-state index in [-0.39, 0.29) is 12.5 Å². The molecular weight excluding hydrogens is 371 g/mol. The van der Waals surface area contributed by atoms with Crippen LogP contribution in [0.15, 0.2) is 47.5 Å². The van der Waals surface area contributed by atoms with E-state index in [0.29, 0.717) is 16.6 Å². The fourth-order valence-electron chi connectivity index (χ4n) is 3.10. The Labute approximate surface area is 163 Å². The zero-order valence-electron chi connectivity index (χ0n) is 14.5. The minimum absolute atomic E-state index is 0.101. The van der Waals surface area contributed by atoms with E-state index in [2.05, 4.69) is 6.92 Å². The Bertz CT molecular complexity index is 834. The molecule has 2 aromatic rings. The van der Waals surface area contributed by atoms with Crippen molar-refractivity contribution in [2.24, 2.45) is 10.9 Å². The van der Waals surface area contributed by atoms with Crippen LogP contribution in [0.4, 0.5) is 11.4 Å². The molecule has 6 heteroatoms. The highest BCUT2D eigenvalue weighted by Crippen LogP contribution is 2.31. The molecule has 0 radical (unpaired) electrons. The van der Waals surface area contributed by atoms with Gasteiger partial charge in [-0.15, -0.1) is 0 Å². The summed E-state index contributed by atoms with van der Waals surface area (Å²) in [5, 5.41) is 10.6. The first-order valence-corrected chi connectivity index (χ1v) is 9.26. The minimum atomic E-state index is -0.884. The largest absolute Gasteiger partial charge is 0.480 e. The number of aliphatic carboxylic acids is 1. The second-order valence-electron chi connectivity index (χ2n) is 6.54. The molecule has 136 valence electrons. The fourth-order valence-corrected chi connectivity index (χ4v) is 3.39. The summed E-state index contributed by atoms with van der Waals surface area (Å²) in [7, 11) is 0. The lowest BCUT2D eigenvalue weighted by atomic mass is 9.97. The molecule has 0 saturated carbocycles. The van der Waals surface area contributed by atoms with E-state index in [1.807, 2.05) is 35.2 Å². The van der Waals surface area contributed by atoms with Gasteiger partial charge in [0.15, 0.2) is 0 Å². The van der Waals surface area contributed by atoms with Gasteiger partial charge in [0.05, 0.1) is 12.2 Å². The first kappa shape index (κ1) is 18.7. The van der Waals surface area contributed by atoms with E-state index in [0.717, 1.165) is 29.9 Å². The van der Waals surface area contributed by atoms with E-state index in [4.69, 9.17) is 28.2 Å². The molecule has 1 aliphatic rings. The summed E-state index contributed by atoms with van der Waals surface area (Å²) in [4.78, 5) is 18.0. The molecule has 1 heterocycles. The van der Waals surface area contributed by atoms with Crippen LogP contribution in [-0.4, -0.2) is 29.9 Å². The summed E-state index contributed by atoms with van der Waals surface area (Å²) in [6.45, 7) is 2.48. The number of benzene rings is 2. The third-order valence-electron chi connectivity index (χ3n) is 4.60. The number of carboxylic acids is 1. The van der Waals surface area contributed by atoms with E-state index in [1.165, 1.54) is 5.56 Å². The molecule has 4 nitrogen and oxygen atoms in total. The van der Waals surface area contributed by atoms with Crippen molar-refractivity contribution in [3.05, 3.63) is 58.1 Å². The standard InChI is InChI=1S/C20H20Cl2N2O2/c1-13-2-3-14-4-5-16(22)10-18(14)23-19(13)11-24(12-20(25)26)17-8-6-15(21)7-9-17/h4-10,13H,2-3,11-12H2,1H3,(H,25,26). The van der Waals surface area contributed by atoms with Crippen LogP contribution in [0.1, 0.15) is 18.9 Å². The fraction of sp³-hybridized carbons (Fsp3) is 0.300. The van der Waals surface area contributed by atoms with Crippen molar-refractivity contribution in [3.8, 4) is 0 Å². The molecule has 2 aromatic carbocycles. The van der Waals surface area contributed by atoms with Crippen molar-refractivity contribution >= 4 is 46.3 Å². The average molecular weight is 391 g/mol. The van der Waals surface area contributed by atoms with Gasteiger partial charge >= 0.3 is 5.97 Å². The van der Waals surface area contributed by atoms with Gasteiger partial charge in [0.1, 0.15) is 6.54 Å². The van der Waals surface area contributed by atoms with Crippen molar-refractivity contribution in [1.82, 2.24) is 0 Å². The highest BCUT2D eigenvalue weighted by Gasteiger charge is 2.21. The number of aryl methyl sites for hydroxylation is 1. The predicted molar refractivity (Wildman–Crippen MR) is 107 cm³/mol. The van der Waals surface area contributed by atoms with E-state index >= 15 is 0 Å². The molecule has 26 heavy (non-hydrogen) atoms. The normalized spacial score (nSPS) is 16.4. The number of carbonyl (C=O) groups is 1. The van der Waals surface area contributed by atoms with Gasteiger partial charge in [-0.2, -0.15) is 0 Å². The number of rotatable bonds is 5. The Balaban J connectivity index is 1.93. The molecule has 1 N–H and O–H groups in total. The smallest absolute Gasteiger partial charge is 0.323 e. The van der Waals surface area contributed by atoms with Crippen molar-refractivity contribution in [1.29, 1.82) is 0 Å². The number of aliphatic imine (C=N–C) groups is 1. The van der Waals surface area contributed by atoms with Crippen LogP contribution in [-0.2, 0) is 11.2 Å². The molecule has 0 bridgehead atoms. The summed E-state index contributed by atoms with van der Waals surface area (Å²) in [6.07, 6.45) is 1.90. The van der Waals surface area contributed by atoms with Gasteiger partial charge in [0.25, 0.3) is 0 Å². The molecule has 0 aliphatic carbocycles. The molecule has 0 spiro atoms. The number of fused-ring (bicyclic) bond motifs is 1. The quantitative estimate of drug-likeness (QED) is 0.759. The number of anilines is 1. The molecule has 1 atom stereocenters. The van der Waals surface area contributed by atoms with Crippen molar-refractivity contribution in [3.63, 3.8) is 0 Å². The molecule has 0 aromatic heterocycles. The Hall–Kier alpha value is -2.04. The Kier molecular flexibility index (Phi) is 5.84. The van der Waals surface area contributed by atoms with Gasteiger partial charge in [-0.05, 0) is 60.7 Å². The van der Waals surface area contributed by atoms with Gasteiger partial charge in [0, 0.05) is 21.4 Å². The maximum absolute atomic E-state index is 11.4. The van der Waals surface area contributed by atoms with Crippen LogP contribution < -0.4 is 4.90 Å². The maximum Gasteiger partial charge on any atom is 0.323 e. The highest BCUT2D eigenvalue weighted by molar-refractivity contribution is 6.31. The van der Waals surface area contributed by atoms with Crippen molar-refractivity contribution in [2.75, 3.05) is 18.0 Å². The highest BCUT2D eigenvalue weighted by atomic mass is 35.5. The number of hydrogen-bond donors (Lipinski definition) is 1. The third-order valence-corrected chi connectivity index (χ3v) is 5.08. The van der Waals surface area contributed by atoms with Gasteiger partial charge in [-0.1, -0.05) is 36.2 Å². The molecule has 0 amide bonds. The van der Waals surface area contributed by atoms with Crippen molar-refractivity contribution in [2.45, 2.75) is 19.8 Å². The SMILES string of the molecule is CC1CCc2ccc(Cl)cc2N=C1CN(CC(=O)O)c1ccc(Cl)cc1. The van der Waals surface area contributed by atoms with Gasteiger partial charge in [-0.3, -0.25) is 9.79 Å². The summed E-state index contributed by atoms with van der Waals surface area (Å²) >= 11 is 12.1. The van der Waals surface area contributed by atoms with Gasteiger partial charge in [-0.25, -0.2) is 0 Å². The Morgan fingerprint density at radius 2 is 1.88 bits per heavy atom. The van der Waals surface area contributed by atoms with Crippen LogP contribution in [0, 0.1) is 5.92 Å². The lowest BCUT2D eigenvalue weighted by Gasteiger charge is -2.25. The Morgan fingerprint density at radius 3 is 2.58 bits per heavy atom. The van der Waals surface area contributed by atoms with Crippen LogP contribution in [0.5, 0.6) is 0 Å². The average Bonchev–Trinajstić information content (AvgIpc) is 2.74. The van der Waals surface area contributed by atoms with Crippen LogP contribution in [0.3, 0.4) is 0 Å². The van der Waals surface area contributed by atoms with Gasteiger partial charge < -0.3 is 10.0 Å². The first-order valence-electron chi connectivity index (χ1n) is 8.50. The number of carboxylic acid groups (broad SMARTS) is 1. The maximum atomic E-state index is 11.4. The third kappa shape index (κ3) is 4.57. The Morgan fingerprint density at radius 1 is 1.19 bits per heavy atom. The molecule has 1 unspecified atom stereocenters. The summed E-state index contributed by atoms with van der Waals surface area (Å²) in [6, 6.07) is 13.0. The molecule has 0 fully saturated rings. The molecule has 0 saturated heterocycles. The summed E-state index contributed by atoms with van der Waals surface area (Å²) in [5.74, 6) is -0.630. The number of nitrogens with zero attached hydrogens (tertiary/aromatic N) is 2. The molecule has 1 aliphatic heterocycles. The number of hydrogen-bond acceptors (Lipinski definition) is 3. The van der Waals surface area contributed by atoms with E-state index in [9.17, 15) is 9.90 Å². The lowest BCUT2D eigenvalue weighted by molar-refractivity contribution is -0.135. The topological polar surface area (TPSA) is 52.9 Å². The zero-order valence-corrected chi connectivity index (χ0v) is 16.0. The van der Waals surface area contributed by atoms with Crippen LogP contribution in [0.25, 0.3) is 0 Å². The van der Waals surface area contributed by atoms with E-state index in [1.54, 1.807) is 12.1 Å². The van der Waals surface area contributed by atoms with Crippen LogP contribution >= 0.6 is 23.2 Å². The monoisotopic (exact) mass is 390 g/mol. The molecular formula is C20H20Cl2N2O2. The van der Waals surface area contributed by atoms with E-state index < -0.39 is 5.97 Å². The summed E-state index contributed by atoms with van der Waals surface area (Å²) in [5.41, 5.74) is 3.82. The summed E-state index contributed by atoms with van der Waals surface area (Å²) < 4.78 is 0. The molecule has 3 rings (SSSR count). The van der Waals surface area contributed by atoms with Crippen molar-refractivity contribution < 1.29 is 9.90 Å². The second-order valence-corrected chi connectivity index (χ2v) is 7.41. The predicted octanol–water partition coefficient (Wildman–Crippen LogP) is 5.24. The number of halogens is 2. The van der Waals surface area contributed by atoms with Gasteiger partial charge in [0.2, 0.25) is 0 Å². The second kappa shape index (κ2) is 8.11. The minimum Gasteiger partial charge on any atom is -0.480 e. The lowest BCUT2D eigenvalue weighted by Crippen LogP contribution is -2.36.